The van der Waals surface area contributed by atoms with Gasteiger partial charge in [-0.2, -0.15) is 0 Å². The van der Waals surface area contributed by atoms with E-state index in [-0.39, 0.29) is 5.41 Å². The zero-order chi connectivity index (χ0) is 10.3. The molecule has 74 valence electrons. The van der Waals surface area contributed by atoms with E-state index in [1.165, 1.54) is 0 Å². The van der Waals surface area contributed by atoms with E-state index in [1.807, 2.05) is 6.08 Å². The normalized spacial score (nSPS) is 10.5. The van der Waals surface area contributed by atoms with Crippen molar-refractivity contribution in [2.45, 2.75) is 47.0 Å². The van der Waals surface area contributed by atoms with Crippen molar-refractivity contribution >= 4 is 6.29 Å². The number of carbonyl (C=O) groups excluding carboxylic acids is 1. The summed E-state index contributed by atoms with van der Waals surface area (Å²) in [4.78, 5) is 10.6. The second kappa shape index (κ2) is 5.77. The third-order valence-electron chi connectivity index (χ3n) is 1.63. The van der Waals surface area contributed by atoms with E-state index in [9.17, 15) is 4.79 Å². The molecule has 0 rings (SSSR count). The summed E-state index contributed by atoms with van der Waals surface area (Å²) in [5.74, 6) is 0. The predicted molar refractivity (Wildman–Crippen MR) is 56.6 cm³/mol. The number of hydrogen-bond acceptors (Lipinski definition) is 1. The third kappa shape index (κ3) is 7.55. The van der Waals surface area contributed by atoms with Gasteiger partial charge in [0.25, 0.3) is 0 Å². The summed E-state index contributed by atoms with van der Waals surface area (Å²) in [5.41, 5.74) is 3.97. The van der Waals surface area contributed by atoms with Crippen LogP contribution in [0, 0.1) is 5.41 Å². The Morgan fingerprint density at radius 1 is 1.38 bits per heavy atom. The highest BCUT2D eigenvalue weighted by atomic mass is 16.1. The quantitative estimate of drug-likeness (QED) is 0.367. The van der Waals surface area contributed by atoms with Gasteiger partial charge < -0.3 is 0 Å². The van der Waals surface area contributed by atoms with Crippen LogP contribution in [-0.4, -0.2) is 6.29 Å². The van der Waals surface area contributed by atoms with Gasteiger partial charge in [0.2, 0.25) is 0 Å². The van der Waals surface area contributed by atoms with Gasteiger partial charge in [0.05, 0.1) is 0 Å². The molecule has 0 radical (unpaired) electrons. The van der Waals surface area contributed by atoms with Gasteiger partial charge in [-0.1, -0.05) is 34.1 Å². The maximum atomic E-state index is 10.6. The molecule has 0 aromatic carbocycles. The summed E-state index contributed by atoms with van der Waals surface area (Å²) in [5, 5.41) is 0. The van der Waals surface area contributed by atoms with Crippen LogP contribution in [0.1, 0.15) is 47.0 Å². The van der Waals surface area contributed by atoms with Gasteiger partial charge in [-0.3, -0.25) is 4.79 Å². The van der Waals surface area contributed by atoms with E-state index in [2.05, 4.69) is 33.4 Å². The van der Waals surface area contributed by atoms with E-state index in [4.69, 9.17) is 0 Å². The molecule has 0 saturated heterocycles. The molecule has 0 aliphatic rings. The number of carbonyl (C=O) groups is 1. The van der Waals surface area contributed by atoms with Crippen LogP contribution in [0.5, 0.6) is 0 Å². The molecule has 0 aliphatic heterocycles. The Morgan fingerprint density at radius 3 is 2.38 bits per heavy atom. The molecule has 0 fully saturated rings. The molecule has 0 atom stereocenters. The highest BCUT2D eigenvalue weighted by molar-refractivity contribution is 5.72. The van der Waals surface area contributed by atoms with Crippen LogP contribution in [-0.2, 0) is 4.79 Å². The molecule has 0 amide bonds. The topological polar surface area (TPSA) is 17.1 Å². The average Bonchev–Trinajstić information content (AvgIpc) is 2.03. The minimum atomic E-state index is 0.112. The Labute approximate surface area is 81.5 Å². The zero-order valence-electron chi connectivity index (χ0n) is 9.18. The number of hydrogen-bond donors (Lipinski definition) is 0. The fourth-order valence-electron chi connectivity index (χ4n) is 0.842. The summed E-state index contributed by atoms with van der Waals surface area (Å²) < 4.78 is 0. The van der Waals surface area contributed by atoms with Gasteiger partial charge in [0, 0.05) is 5.57 Å². The lowest BCUT2D eigenvalue weighted by molar-refractivity contribution is -0.105. The lowest BCUT2D eigenvalue weighted by Gasteiger charge is -2.08. The van der Waals surface area contributed by atoms with Crippen molar-refractivity contribution in [1.82, 2.24) is 0 Å². The van der Waals surface area contributed by atoms with Gasteiger partial charge in [-0.05, 0) is 24.3 Å². The van der Waals surface area contributed by atoms with Crippen molar-refractivity contribution in [3.05, 3.63) is 17.4 Å². The van der Waals surface area contributed by atoms with Crippen molar-refractivity contribution < 1.29 is 4.79 Å². The zero-order valence-corrected chi connectivity index (χ0v) is 9.18. The number of aldehydes is 1. The highest BCUT2D eigenvalue weighted by Gasteiger charge is 2.03. The monoisotopic (exact) mass is 180 g/mol. The van der Waals surface area contributed by atoms with E-state index < -0.39 is 0 Å². The molecule has 0 heterocycles. The Hall–Kier alpha value is -0.810. The largest absolute Gasteiger partial charge is 0.298 e. The molecular formula is C12H20O. The van der Waals surface area contributed by atoms with E-state index in [0.717, 1.165) is 31.1 Å². The summed E-state index contributed by atoms with van der Waals surface area (Å²) >= 11 is 0. The van der Waals surface area contributed by atoms with Gasteiger partial charge in [0.1, 0.15) is 0 Å². The Morgan fingerprint density at radius 2 is 2.00 bits per heavy atom. The minimum Gasteiger partial charge on any atom is -0.298 e. The van der Waals surface area contributed by atoms with E-state index in [1.54, 1.807) is 0 Å². The summed E-state index contributed by atoms with van der Waals surface area (Å²) in [7, 11) is 0. The number of unbranched alkanes of at least 4 members (excludes halogenated alkanes) is 1. The van der Waals surface area contributed by atoms with Crippen LogP contribution in [0.4, 0.5) is 0 Å². The average molecular weight is 180 g/mol. The van der Waals surface area contributed by atoms with Gasteiger partial charge in [0.15, 0.2) is 6.29 Å². The second-order valence-electron chi connectivity index (χ2n) is 4.40. The number of allylic oxidation sites excluding steroid dienone is 1. The van der Waals surface area contributed by atoms with Crippen molar-refractivity contribution in [1.29, 1.82) is 0 Å². The van der Waals surface area contributed by atoms with Crippen LogP contribution in [0.3, 0.4) is 0 Å². The maximum Gasteiger partial charge on any atom is 0.153 e. The van der Waals surface area contributed by atoms with Crippen molar-refractivity contribution in [2.24, 2.45) is 5.41 Å². The molecule has 0 spiro atoms. The predicted octanol–water partition coefficient (Wildman–Crippen LogP) is 3.50. The minimum absolute atomic E-state index is 0.112. The molecule has 0 aliphatic carbocycles. The highest BCUT2D eigenvalue weighted by Crippen LogP contribution is 2.14. The first kappa shape index (κ1) is 12.2. The molecule has 0 saturated carbocycles. The fraction of sp³-hybridized carbons (Fsp3) is 0.667. The lowest BCUT2D eigenvalue weighted by Crippen LogP contribution is -1.97. The van der Waals surface area contributed by atoms with Crippen molar-refractivity contribution in [3.8, 4) is 0 Å². The molecule has 1 heteroatoms. The molecule has 0 unspecified atom stereocenters. The van der Waals surface area contributed by atoms with E-state index in [0.29, 0.717) is 0 Å². The Kier molecular flexibility index (Phi) is 5.41. The molecule has 0 aromatic rings. The van der Waals surface area contributed by atoms with Crippen LogP contribution < -0.4 is 0 Å². The van der Waals surface area contributed by atoms with Gasteiger partial charge in [-0.15, -0.1) is 5.73 Å². The first-order valence-electron chi connectivity index (χ1n) is 4.91. The first-order valence-corrected chi connectivity index (χ1v) is 4.91. The molecule has 1 nitrogen and oxygen atoms in total. The van der Waals surface area contributed by atoms with E-state index >= 15 is 0 Å². The fourth-order valence-corrected chi connectivity index (χ4v) is 0.842. The number of rotatable bonds is 4. The Balaban J connectivity index is 4.37. The Bertz CT molecular complexity index is 212. The summed E-state index contributed by atoms with van der Waals surface area (Å²) in [6.07, 6.45) is 5.92. The van der Waals surface area contributed by atoms with Crippen LogP contribution >= 0.6 is 0 Å². The van der Waals surface area contributed by atoms with Gasteiger partial charge in [-0.25, -0.2) is 0 Å². The third-order valence-corrected chi connectivity index (χ3v) is 1.63. The molecule has 0 bridgehead atoms. The van der Waals surface area contributed by atoms with Gasteiger partial charge >= 0.3 is 0 Å². The van der Waals surface area contributed by atoms with Crippen LogP contribution in [0.15, 0.2) is 17.4 Å². The summed E-state index contributed by atoms with van der Waals surface area (Å²) in [6, 6.07) is 0. The smallest absolute Gasteiger partial charge is 0.153 e. The van der Waals surface area contributed by atoms with Crippen molar-refractivity contribution in [3.63, 3.8) is 0 Å². The van der Waals surface area contributed by atoms with Crippen molar-refractivity contribution in [2.75, 3.05) is 0 Å². The standard InChI is InChI=1S/C12H20O/c1-5-6-7-11(10-13)8-9-12(2,3)4/h9-10H,5-7H2,1-4H3. The lowest BCUT2D eigenvalue weighted by atomic mass is 9.96. The maximum absolute atomic E-state index is 10.6. The molecule has 13 heavy (non-hydrogen) atoms. The molecule has 0 N–H and O–H groups in total. The molecular weight excluding hydrogens is 160 g/mol. The second-order valence-corrected chi connectivity index (χ2v) is 4.40. The summed E-state index contributed by atoms with van der Waals surface area (Å²) in [6.45, 7) is 8.42. The molecule has 0 aromatic heterocycles. The van der Waals surface area contributed by atoms with Crippen LogP contribution in [0.2, 0.25) is 0 Å². The first-order chi connectivity index (χ1) is 5.99. The van der Waals surface area contributed by atoms with Crippen LogP contribution in [0.25, 0.3) is 0 Å². The SMILES string of the molecule is CCCCC(=C=CC(C)(C)C)C=O.